The summed E-state index contributed by atoms with van der Waals surface area (Å²) in [5.74, 6) is -3.97. The van der Waals surface area contributed by atoms with Gasteiger partial charge in [0, 0.05) is 6.08 Å². The second-order valence-corrected chi connectivity index (χ2v) is 2.60. The van der Waals surface area contributed by atoms with Crippen LogP contribution in [0.25, 0.3) is 0 Å². The monoisotopic (exact) mass is 216 g/mol. The molecule has 0 saturated carbocycles. The third kappa shape index (κ3) is 5.45. The number of hydrogen-bond acceptors (Lipinski definition) is 5. The highest BCUT2D eigenvalue weighted by molar-refractivity contribution is 5.93. The molecule has 1 atom stereocenters. The van der Waals surface area contributed by atoms with Crippen LogP contribution in [0.5, 0.6) is 0 Å². The normalized spacial score (nSPS) is 11.3. The largest absolute Gasteiger partial charge is 0.481 e. The maximum absolute atomic E-state index is 10.9. The number of aliphatic carboxylic acids is 1. The van der Waals surface area contributed by atoms with Crippen molar-refractivity contribution in [3.8, 4) is 0 Å². The van der Waals surface area contributed by atoms with Gasteiger partial charge in [0.05, 0.1) is 0 Å². The number of hydrogen-bond donors (Lipinski definition) is 1. The van der Waals surface area contributed by atoms with E-state index in [1.54, 1.807) is 0 Å². The van der Waals surface area contributed by atoms with E-state index < -0.39 is 23.8 Å². The highest BCUT2D eigenvalue weighted by atomic mass is 16.6. The molecule has 0 rings (SSSR count). The molecule has 0 aliphatic heterocycles. The SMILES string of the molecule is C=CC(=O)OCCOC(=O)C(C)C(=O)O. The Morgan fingerprint density at radius 1 is 1.33 bits per heavy atom. The lowest BCUT2D eigenvalue weighted by Crippen LogP contribution is -2.24. The van der Waals surface area contributed by atoms with Gasteiger partial charge in [-0.05, 0) is 6.92 Å². The summed E-state index contributed by atoms with van der Waals surface area (Å²) in [5, 5.41) is 8.44. The fourth-order valence-corrected chi connectivity index (χ4v) is 0.569. The number of carboxylic acids is 1. The van der Waals surface area contributed by atoms with Crippen molar-refractivity contribution >= 4 is 17.9 Å². The van der Waals surface area contributed by atoms with Crippen LogP contribution in [0.4, 0.5) is 0 Å². The number of rotatable bonds is 6. The molecular weight excluding hydrogens is 204 g/mol. The topological polar surface area (TPSA) is 89.9 Å². The Morgan fingerprint density at radius 2 is 1.87 bits per heavy atom. The zero-order chi connectivity index (χ0) is 11.8. The molecule has 0 saturated heterocycles. The summed E-state index contributed by atoms with van der Waals surface area (Å²) in [7, 11) is 0. The van der Waals surface area contributed by atoms with Crippen LogP contribution in [0.2, 0.25) is 0 Å². The number of ether oxygens (including phenoxy) is 2. The van der Waals surface area contributed by atoms with Crippen molar-refractivity contribution in [2.45, 2.75) is 6.92 Å². The van der Waals surface area contributed by atoms with Crippen LogP contribution in [-0.2, 0) is 23.9 Å². The van der Waals surface area contributed by atoms with Crippen molar-refractivity contribution in [3.63, 3.8) is 0 Å². The van der Waals surface area contributed by atoms with E-state index in [4.69, 9.17) is 5.11 Å². The van der Waals surface area contributed by atoms with Crippen molar-refractivity contribution in [3.05, 3.63) is 12.7 Å². The van der Waals surface area contributed by atoms with Gasteiger partial charge >= 0.3 is 17.9 Å². The Kier molecular flexibility index (Phi) is 5.77. The zero-order valence-corrected chi connectivity index (χ0v) is 8.26. The maximum atomic E-state index is 10.9. The van der Waals surface area contributed by atoms with Crippen LogP contribution < -0.4 is 0 Å². The first-order valence-corrected chi connectivity index (χ1v) is 4.17. The summed E-state index contributed by atoms with van der Waals surface area (Å²) in [5.41, 5.74) is 0. The lowest BCUT2D eigenvalue weighted by Gasteiger charge is -2.07. The molecule has 0 fully saturated rings. The third-order valence-electron chi connectivity index (χ3n) is 1.46. The fourth-order valence-electron chi connectivity index (χ4n) is 0.569. The van der Waals surface area contributed by atoms with Crippen LogP contribution in [-0.4, -0.2) is 36.2 Å². The van der Waals surface area contributed by atoms with Crippen molar-refractivity contribution in [1.82, 2.24) is 0 Å². The predicted octanol–water partition coefficient (Wildman–Crippen LogP) is -0.0205. The molecule has 0 aromatic heterocycles. The van der Waals surface area contributed by atoms with Crippen molar-refractivity contribution in [1.29, 1.82) is 0 Å². The average molecular weight is 216 g/mol. The van der Waals surface area contributed by atoms with Gasteiger partial charge < -0.3 is 14.6 Å². The number of carbonyl (C=O) groups is 3. The molecule has 1 N–H and O–H groups in total. The molecule has 0 aromatic carbocycles. The summed E-state index contributed by atoms with van der Waals surface area (Å²) in [6.07, 6.45) is 0.974. The van der Waals surface area contributed by atoms with E-state index in [-0.39, 0.29) is 13.2 Å². The smallest absolute Gasteiger partial charge is 0.330 e. The van der Waals surface area contributed by atoms with E-state index in [2.05, 4.69) is 16.1 Å². The molecule has 0 aliphatic carbocycles. The molecule has 6 heteroatoms. The fraction of sp³-hybridized carbons (Fsp3) is 0.444. The molecule has 1 unspecified atom stereocenters. The minimum atomic E-state index is -1.26. The van der Waals surface area contributed by atoms with Crippen LogP contribution in [0.3, 0.4) is 0 Å². The minimum Gasteiger partial charge on any atom is -0.481 e. The van der Waals surface area contributed by atoms with Crippen LogP contribution >= 0.6 is 0 Å². The summed E-state index contributed by atoms with van der Waals surface area (Å²) in [6.45, 7) is 4.08. The van der Waals surface area contributed by atoms with E-state index in [0.29, 0.717) is 0 Å². The second kappa shape index (κ2) is 6.58. The highest BCUT2D eigenvalue weighted by Crippen LogP contribution is 1.98. The lowest BCUT2D eigenvalue weighted by molar-refractivity contribution is -0.160. The van der Waals surface area contributed by atoms with Gasteiger partial charge in [-0.15, -0.1) is 0 Å². The first-order chi connectivity index (χ1) is 6.99. The molecular formula is C9H12O6. The second-order valence-electron chi connectivity index (χ2n) is 2.60. The summed E-state index contributed by atoms with van der Waals surface area (Å²) in [4.78, 5) is 31.8. The Labute approximate surface area is 86.5 Å². The molecule has 0 aliphatic rings. The number of carbonyl (C=O) groups excluding carboxylic acids is 2. The predicted molar refractivity (Wildman–Crippen MR) is 48.9 cm³/mol. The lowest BCUT2D eigenvalue weighted by atomic mass is 10.2. The standard InChI is InChI=1S/C9H12O6/c1-3-7(10)14-4-5-15-9(13)6(2)8(11)12/h3,6H,1,4-5H2,2H3,(H,11,12). The van der Waals surface area contributed by atoms with Gasteiger partial charge in [-0.2, -0.15) is 0 Å². The Bertz CT molecular complexity index is 270. The van der Waals surface area contributed by atoms with E-state index in [9.17, 15) is 14.4 Å². The van der Waals surface area contributed by atoms with E-state index in [0.717, 1.165) is 6.08 Å². The Morgan fingerprint density at radius 3 is 2.33 bits per heavy atom. The average Bonchev–Trinajstić information content (AvgIpc) is 2.22. The Balaban J connectivity index is 3.68. The quantitative estimate of drug-likeness (QED) is 0.290. The molecule has 0 bridgehead atoms. The summed E-state index contributed by atoms with van der Waals surface area (Å²) < 4.78 is 9.03. The van der Waals surface area contributed by atoms with E-state index in [1.807, 2.05) is 0 Å². The van der Waals surface area contributed by atoms with Gasteiger partial charge in [0.25, 0.3) is 0 Å². The van der Waals surface area contributed by atoms with Crippen molar-refractivity contribution in [2.75, 3.05) is 13.2 Å². The van der Waals surface area contributed by atoms with Crippen LogP contribution in [0, 0.1) is 5.92 Å². The van der Waals surface area contributed by atoms with Gasteiger partial charge in [-0.3, -0.25) is 9.59 Å². The first kappa shape index (κ1) is 13.2. The molecule has 0 radical (unpaired) electrons. The van der Waals surface area contributed by atoms with E-state index in [1.165, 1.54) is 6.92 Å². The van der Waals surface area contributed by atoms with Gasteiger partial charge in [0.1, 0.15) is 13.2 Å². The number of esters is 2. The van der Waals surface area contributed by atoms with Crippen LogP contribution in [0.1, 0.15) is 6.92 Å². The number of carboxylic acid groups (broad SMARTS) is 1. The maximum Gasteiger partial charge on any atom is 0.330 e. The third-order valence-corrected chi connectivity index (χ3v) is 1.46. The summed E-state index contributed by atoms with van der Waals surface area (Å²) >= 11 is 0. The summed E-state index contributed by atoms with van der Waals surface area (Å²) in [6, 6.07) is 0. The molecule has 0 heterocycles. The molecule has 84 valence electrons. The van der Waals surface area contributed by atoms with Gasteiger partial charge in [0.15, 0.2) is 5.92 Å². The van der Waals surface area contributed by atoms with Crippen molar-refractivity contribution < 1.29 is 29.0 Å². The molecule has 0 amide bonds. The van der Waals surface area contributed by atoms with Gasteiger partial charge in [0.2, 0.25) is 0 Å². The van der Waals surface area contributed by atoms with Gasteiger partial charge in [-0.25, -0.2) is 4.79 Å². The highest BCUT2D eigenvalue weighted by Gasteiger charge is 2.21. The van der Waals surface area contributed by atoms with Crippen molar-refractivity contribution in [2.24, 2.45) is 5.92 Å². The van der Waals surface area contributed by atoms with Crippen LogP contribution in [0.15, 0.2) is 12.7 Å². The Hall–Kier alpha value is -1.85. The first-order valence-electron chi connectivity index (χ1n) is 4.17. The zero-order valence-electron chi connectivity index (χ0n) is 8.26. The molecule has 15 heavy (non-hydrogen) atoms. The van der Waals surface area contributed by atoms with E-state index >= 15 is 0 Å². The molecule has 6 nitrogen and oxygen atoms in total. The molecule has 0 aromatic rings. The van der Waals surface area contributed by atoms with Gasteiger partial charge in [-0.1, -0.05) is 6.58 Å². The molecule has 0 spiro atoms. The minimum absolute atomic E-state index is 0.122.